The number of hydrogen-bond acceptors (Lipinski definition) is 4. The quantitative estimate of drug-likeness (QED) is 0.830. The molecule has 1 aromatic rings. The first kappa shape index (κ1) is 16.0. The van der Waals surface area contributed by atoms with Gasteiger partial charge >= 0.3 is 11.9 Å². The number of rotatable bonds is 5. The van der Waals surface area contributed by atoms with Crippen LogP contribution in [0, 0.1) is 5.92 Å². The van der Waals surface area contributed by atoms with E-state index in [0.717, 1.165) is 5.56 Å². The van der Waals surface area contributed by atoms with E-state index in [1.54, 1.807) is 29.2 Å². The zero-order valence-corrected chi connectivity index (χ0v) is 12.4. The summed E-state index contributed by atoms with van der Waals surface area (Å²) >= 11 is 0. The molecule has 2 rings (SSSR count). The molecule has 1 fully saturated rings. The first-order chi connectivity index (χ1) is 10.5. The molecule has 6 nitrogen and oxygen atoms in total. The van der Waals surface area contributed by atoms with Crippen molar-refractivity contribution in [1.29, 1.82) is 0 Å². The maximum Gasteiger partial charge on any atom is 0.337 e. The molecule has 1 heterocycles. The van der Waals surface area contributed by atoms with Crippen molar-refractivity contribution in [2.75, 3.05) is 20.2 Å². The van der Waals surface area contributed by atoms with Crippen molar-refractivity contribution >= 4 is 17.8 Å². The van der Waals surface area contributed by atoms with Crippen LogP contribution in [0.25, 0.3) is 0 Å². The van der Waals surface area contributed by atoms with Gasteiger partial charge in [-0.15, -0.1) is 0 Å². The van der Waals surface area contributed by atoms with Crippen LogP contribution >= 0.6 is 0 Å². The lowest BCUT2D eigenvalue weighted by molar-refractivity contribution is -0.141. The summed E-state index contributed by atoms with van der Waals surface area (Å²) in [5.74, 6) is -1.70. The monoisotopic (exact) mass is 305 g/mol. The zero-order valence-electron chi connectivity index (χ0n) is 12.4. The smallest absolute Gasteiger partial charge is 0.337 e. The minimum Gasteiger partial charge on any atom is -0.481 e. The Bertz CT molecular complexity index is 566. The van der Waals surface area contributed by atoms with Gasteiger partial charge in [-0.25, -0.2) is 4.79 Å². The lowest BCUT2D eigenvalue weighted by Crippen LogP contribution is -2.30. The summed E-state index contributed by atoms with van der Waals surface area (Å²) < 4.78 is 4.62. The minimum atomic E-state index is -0.839. The Morgan fingerprint density at radius 1 is 1.27 bits per heavy atom. The standard InChI is InChI=1S/C16H19NO5/c1-22-16(21)12-5-2-11(3-6-12)4-7-14(18)17-9-8-13(10-17)15(19)20/h2-3,5-6,13H,4,7-10H2,1H3,(H,19,20). The van der Waals surface area contributed by atoms with E-state index in [1.165, 1.54) is 7.11 Å². The Morgan fingerprint density at radius 2 is 1.95 bits per heavy atom. The van der Waals surface area contributed by atoms with Crippen LogP contribution in [0.15, 0.2) is 24.3 Å². The molecule has 0 saturated carbocycles. The molecule has 1 unspecified atom stereocenters. The van der Waals surface area contributed by atoms with E-state index in [9.17, 15) is 14.4 Å². The molecule has 118 valence electrons. The molecule has 0 spiro atoms. The number of amides is 1. The third-order valence-electron chi connectivity index (χ3n) is 3.89. The molecule has 22 heavy (non-hydrogen) atoms. The fraction of sp³-hybridized carbons (Fsp3) is 0.438. The number of aryl methyl sites for hydroxylation is 1. The van der Waals surface area contributed by atoms with Gasteiger partial charge in [-0.3, -0.25) is 9.59 Å². The summed E-state index contributed by atoms with van der Waals surface area (Å²) in [6.07, 6.45) is 1.42. The molecule has 1 aromatic carbocycles. The Labute approximate surface area is 128 Å². The van der Waals surface area contributed by atoms with Gasteiger partial charge in [0, 0.05) is 19.5 Å². The van der Waals surface area contributed by atoms with Gasteiger partial charge < -0.3 is 14.7 Å². The Morgan fingerprint density at radius 3 is 2.50 bits per heavy atom. The number of likely N-dealkylation sites (tertiary alicyclic amines) is 1. The number of benzene rings is 1. The van der Waals surface area contributed by atoms with Gasteiger partial charge in [-0.1, -0.05) is 12.1 Å². The van der Waals surface area contributed by atoms with E-state index in [0.29, 0.717) is 37.9 Å². The number of aliphatic carboxylic acids is 1. The SMILES string of the molecule is COC(=O)c1ccc(CCC(=O)N2CCC(C(=O)O)C2)cc1. The van der Waals surface area contributed by atoms with Gasteiger partial charge in [0.15, 0.2) is 0 Å². The van der Waals surface area contributed by atoms with E-state index < -0.39 is 11.9 Å². The second-order valence-corrected chi connectivity index (χ2v) is 5.35. The highest BCUT2D eigenvalue weighted by atomic mass is 16.5. The first-order valence-corrected chi connectivity index (χ1v) is 7.19. The number of ether oxygens (including phenoxy) is 1. The number of carboxylic acids is 1. The Hall–Kier alpha value is -2.37. The molecule has 1 N–H and O–H groups in total. The van der Waals surface area contributed by atoms with Crippen molar-refractivity contribution in [3.8, 4) is 0 Å². The lowest BCUT2D eigenvalue weighted by Gasteiger charge is -2.15. The average molecular weight is 305 g/mol. The van der Waals surface area contributed by atoms with Crippen LogP contribution < -0.4 is 0 Å². The largest absolute Gasteiger partial charge is 0.481 e. The highest BCUT2D eigenvalue weighted by molar-refractivity contribution is 5.89. The molecular weight excluding hydrogens is 286 g/mol. The van der Waals surface area contributed by atoms with Crippen molar-refractivity contribution in [3.05, 3.63) is 35.4 Å². The van der Waals surface area contributed by atoms with E-state index in [-0.39, 0.29) is 11.9 Å². The molecule has 0 aliphatic carbocycles. The highest BCUT2D eigenvalue weighted by Gasteiger charge is 2.30. The number of carboxylic acid groups (broad SMARTS) is 1. The number of carbonyl (C=O) groups excluding carboxylic acids is 2. The van der Waals surface area contributed by atoms with Crippen molar-refractivity contribution in [2.24, 2.45) is 5.92 Å². The molecule has 1 atom stereocenters. The summed E-state index contributed by atoms with van der Waals surface area (Å²) in [7, 11) is 1.33. The second kappa shape index (κ2) is 7.06. The van der Waals surface area contributed by atoms with Crippen LogP contribution in [0.4, 0.5) is 0 Å². The molecule has 1 aliphatic heterocycles. The van der Waals surface area contributed by atoms with Crippen LogP contribution in [0.5, 0.6) is 0 Å². The van der Waals surface area contributed by atoms with Crippen LogP contribution in [0.2, 0.25) is 0 Å². The molecular formula is C16H19NO5. The van der Waals surface area contributed by atoms with Crippen molar-refractivity contribution in [1.82, 2.24) is 4.90 Å². The topological polar surface area (TPSA) is 83.9 Å². The lowest BCUT2D eigenvalue weighted by atomic mass is 10.1. The van der Waals surface area contributed by atoms with Gasteiger partial charge in [0.25, 0.3) is 0 Å². The maximum atomic E-state index is 12.1. The van der Waals surface area contributed by atoms with Crippen molar-refractivity contribution < 1.29 is 24.2 Å². The van der Waals surface area contributed by atoms with E-state index in [4.69, 9.17) is 5.11 Å². The van der Waals surface area contributed by atoms with Crippen molar-refractivity contribution in [2.45, 2.75) is 19.3 Å². The minimum absolute atomic E-state index is 0.0270. The summed E-state index contributed by atoms with van der Waals surface area (Å²) in [4.78, 5) is 35.9. The summed E-state index contributed by atoms with van der Waals surface area (Å²) in [5, 5.41) is 8.94. The van der Waals surface area contributed by atoms with Gasteiger partial charge in [0.2, 0.25) is 5.91 Å². The number of esters is 1. The normalized spacial score (nSPS) is 17.3. The molecule has 0 bridgehead atoms. The van der Waals surface area contributed by atoms with E-state index >= 15 is 0 Å². The maximum absolute atomic E-state index is 12.1. The van der Waals surface area contributed by atoms with Crippen LogP contribution in [-0.4, -0.2) is 48.1 Å². The summed E-state index contributed by atoms with van der Waals surface area (Å²) in [6.45, 7) is 0.812. The predicted molar refractivity (Wildman–Crippen MR) is 78.4 cm³/mol. The van der Waals surface area contributed by atoms with E-state index in [2.05, 4.69) is 4.74 Å². The molecule has 6 heteroatoms. The van der Waals surface area contributed by atoms with Crippen LogP contribution in [-0.2, 0) is 20.7 Å². The number of carbonyl (C=O) groups is 3. The number of methoxy groups -OCH3 is 1. The predicted octanol–water partition coefficient (Wildman–Crippen LogP) is 1.34. The highest BCUT2D eigenvalue weighted by Crippen LogP contribution is 2.18. The molecule has 0 radical (unpaired) electrons. The second-order valence-electron chi connectivity index (χ2n) is 5.35. The van der Waals surface area contributed by atoms with E-state index in [1.807, 2.05) is 0 Å². The Balaban J connectivity index is 1.84. The molecule has 1 amide bonds. The molecule has 1 saturated heterocycles. The third-order valence-corrected chi connectivity index (χ3v) is 3.89. The number of hydrogen-bond donors (Lipinski definition) is 1. The van der Waals surface area contributed by atoms with Gasteiger partial charge in [-0.05, 0) is 30.5 Å². The molecule has 1 aliphatic rings. The van der Waals surface area contributed by atoms with Gasteiger partial charge in [0.05, 0.1) is 18.6 Å². The average Bonchev–Trinajstić information content (AvgIpc) is 3.02. The van der Waals surface area contributed by atoms with Crippen LogP contribution in [0.3, 0.4) is 0 Å². The zero-order chi connectivity index (χ0) is 16.1. The van der Waals surface area contributed by atoms with Crippen LogP contribution in [0.1, 0.15) is 28.8 Å². The van der Waals surface area contributed by atoms with Crippen molar-refractivity contribution in [3.63, 3.8) is 0 Å². The Kier molecular flexibility index (Phi) is 5.14. The molecule has 0 aromatic heterocycles. The first-order valence-electron chi connectivity index (χ1n) is 7.19. The van der Waals surface area contributed by atoms with Gasteiger partial charge in [-0.2, -0.15) is 0 Å². The fourth-order valence-corrected chi connectivity index (χ4v) is 2.52. The summed E-state index contributed by atoms with van der Waals surface area (Å²) in [5.41, 5.74) is 1.43. The fourth-order valence-electron chi connectivity index (χ4n) is 2.52. The number of nitrogens with zero attached hydrogens (tertiary/aromatic N) is 1. The van der Waals surface area contributed by atoms with Gasteiger partial charge in [0.1, 0.15) is 0 Å². The summed E-state index contributed by atoms with van der Waals surface area (Å²) in [6, 6.07) is 6.93. The third kappa shape index (κ3) is 3.84.